The molecule has 2 rings (SSSR count). The smallest absolute Gasteiger partial charge is 0.185 e. The van der Waals surface area contributed by atoms with E-state index in [9.17, 15) is 4.79 Å². The molecule has 0 unspecified atom stereocenters. The summed E-state index contributed by atoms with van der Waals surface area (Å²) in [4.78, 5) is 14.9. The lowest BCUT2D eigenvalue weighted by Crippen LogP contribution is -1.84. The topological polar surface area (TPSA) is 56.0 Å². The molecule has 3 nitrogen and oxygen atoms in total. The number of nitrogens with zero attached hydrogens (tertiary/aromatic N) is 1. The lowest BCUT2D eigenvalue weighted by Gasteiger charge is -1.91. The van der Waals surface area contributed by atoms with Crippen LogP contribution in [-0.4, -0.2) is 15.9 Å². The standard InChI is InChI=1S/C13H12N2OS2/c1-9(16)17-7-3-2-4-10-5-6-12-11(8-10)15-13(14)18-12/h5-6,8H,3,7H2,1H3,(H2,14,15). The first kappa shape index (κ1) is 12.9. The van der Waals surface area contributed by atoms with Crippen LogP contribution in [0.3, 0.4) is 0 Å². The number of anilines is 1. The van der Waals surface area contributed by atoms with Crippen LogP contribution in [0, 0.1) is 11.8 Å². The summed E-state index contributed by atoms with van der Waals surface area (Å²) < 4.78 is 1.07. The fraction of sp³-hybridized carbons (Fsp3) is 0.231. The Morgan fingerprint density at radius 2 is 2.39 bits per heavy atom. The molecule has 0 aliphatic rings. The first-order valence-corrected chi connectivity index (χ1v) is 7.23. The van der Waals surface area contributed by atoms with Crippen molar-refractivity contribution in [2.45, 2.75) is 13.3 Å². The van der Waals surface area contributed by atoms with Gasteiger partial charge in [0.2, 0.25) is 0 Å². The zero-order valence-corrected chi connectivity index (χ0v) is 11.5. The molecule has 0 bridgehead atoms. The Balaban J connectivity index is 2.03. The first-order valence-electron chi connectivity index (χ1n) is 5.43. The van der Waals surface area contributed by atoms with Gasteiger partial charge < -0.3 is 5.73 Å². The van der Waals surface area contributed by atoms with E-state index in [-0.39, 0.29) is 5.12 Å². The van der Waals surface area contributed by atoms with Crippen LogP contribution in [0.25, 0.3) is 10.2 Å². The fourth-order valence-corrected chi connectivity index (χ4v) is 2.64. The molecular weight excluding hydrogens is 264 g/mol. The summed E-state index contributed by atoms with van der Waals surface area (Å²) >= 11 is 2.78. The van der Waals surface area contributed by atoms with Crippen molar-refractivity contribution in [1.29, 1.82) is 0 Å². The summed E-state index contributed by atoms with van der Waals surface area (Å²) in [5, 5.41) is 0.712. The Morgan fingerprint density at radius 3 is 3.17 bits per heavy atom. The van der Waals surface area contributed by atoms with Gasteiger partial charge in [0.05, 0.1) is 10.2 Å². The van der Waals surface area contributed by atoms with Crippen LogP contribution in [0.5, 0.6) is 0 Å². The Labute approximate surface area is 114 Å². The van der Waals surface area contributed by atoms with Crippen molar-refractivity contribution >= 4 is 43.6 Å². The minimum absolute atomic E-state index is 0.135. The van der Waals surface area contributed by atoms with E-state index in [0.717, 1.165) is 21.5 Å². The second-order valence-corrected chi connectivity index (χ2v) is 5.96. The van der Waals surface area contributed by atoms with Crippen LogP contribution in [0.15, 0.2) is 18.2 Å². The molecule has 92 valence electrons. The summed E-state index contributed by atoms with van der Waals surface area (Å²) in [5.74, 6) is 6.86. The average molecular weight is 276 g/mol. The van der Waals surface area contributed by atoms with Gasteiger partial charge in [0.1, 0.15) is 0 Å². The molecule has 0 radical (unpaired) electrons. The van der Waals surface area contributed by atoms with Crippen LogP contribution in [-0.2, 0) is 4.79 Å². The van der Waals surface area contributed by atoms with Gasteiger partial charge in [-0.3, -0.25) is 4.79 Å². The Morgan fingerprint density at radius 1 is 1.56 bits per heavy atom. The number of carbonyl (C=O) groups excluding carboxylic acids is 1. The van der Waals surface area contributed by atoms with Gasteiger partial charge in [-0.25, -0.2) is 4.98 Å². The van der Waals surface area contributed by atoms with Gasteiger partial charge in [-0.2, -0.15) is 0 Å². The van der Waals surface area contributed by atoms with Crippen molar-refractivity contribution < 1.29 is 4.79 Å². The van der Waals surface area contributed by atoms with Crippen molar-refractivity contribution in [3.05, 3.63) is 23.8 Å². The number of fused-ring (bicyclic) bond motifs is 1. The molecule has 1 aromatic carbocycles. The molecule has 2 N–H and O–H groups in total. The molecule has 0 aliphatic heterocycles. The van der Waals surface area contributed by atoms with E-state index in [0.29, 0.717) is 11.6 Å². The highest BCUT2D eigenvalue weighted by Gasteiger charge is 2.00. The van der Waals surface area contributed by atoms with Crippen LogP contribution in [0.1, 0.15) is 18.9 Å². The van der Waals surface area contributed by atoms with Gasteiger partial charge >= 0.3 is 0 Å². The summed E-state index contributed by atoms with van der Waals surface area (Å²) in [6.07, 6.45) is 0.710. The molecule has 0 spiro atoms. The van der Waals surface area contributed by atoms with Gasteiger partial charge in [-0.15, -0.1) is 0 Å². The van der Waals surface area contributed by atoms with Gasteiger partial charge in [0.25, 0.3) is 0 Å². The van der Waals surface area contributed by atoms with Crippen LogP contribution in [0.2, 0.25) is 0 Å². The zero-order valence-electron chi connectivity index (χ0n) is 9.90. The molecule has 0 fully saturated rings. The SMILES string of the molecule is CC(=O)SCCC#Cc1ccc2sc(N)nc2c1. The fourth-order valence-electron chi connectivity index (χ4n) is 1.43. The molecular formula is C13H12N2OS2. The molecule has 0 amide bonds. The van der Waals surface area contributed by atoms with E-state index in [2.05, 4.69) is 16.8 Å². The number of thioether (sulfide) groups is 1. The van der Waals surface area contributed by atoms with Gasteiger partial charge in [0.15, 0.2) is 10.2 Å². The normalized spacial score (nSPS) is 10.1. The molecule has 2 aromatic rings. The van der Waals surface area contributed by atoms with Crippen LogP contribution < -0.4 is 5.73 Å². The maximum Gasteiger partial charge on any atom is 0.185 e. The third-order valence-electron chi connectivity index (χ3n) is 2.17. The first-order chi connectivity index (χ1) is 8.65. The maximum absolute atomic E-state index is 10.7. The highest BCUT2D eigenvalue weighted by atomic mass is 32.2. The van der Waals surface area contributed by atoms with Crippen molar-refractivity contribution in [3.8, 4) is 11.8 Å². The number of thiazole rings is 1. The molecule has 1 aromatic heterocycles. The number of hydrogen-bond acceptors (Lipinski definition) is 5. The third-order valence-corrected chi connectivity index (χ3v) is 3.85. The molecule has 18 heavy (non-hydrogen) atoms. The summed E-state index contributed by atoms with van der Waals surface area (Å²) in [6.45, 7) is 1.57. The predicted molar refractivity (Wildman–Crippen MR) is 78.7 cm³/mol. The van der Waals surface area contributed by atoms with Gasteiger partial charge in [-0.1, -0.05) is 34.9 Å². The summed E-state index contributed by atoms with van der Waals surface area (Å²) in [6, 6.07) is 5.88. The lowest BCUT2D eigenvalue weighted by atomic mass is 10.2. The van der Waals surface area contributed by atoms with Gasteiger partial charge in [0, 0.05) is 24.7 Å². The minimum Gasteiger partial charge on any atom is -0.375 e. The number of rotatable bonds is 2. The third kappa shape index (κ3) is 3.49. The minimum atomic E-state index is 0.135. The average Bonchev–Trinajstić information content (AvgIpc) is 2.67. The predicted octanol–water partition coefficient (Wildman–Crippen LogP) is 2.90. The monoisotopic (exact) mass is 276 g/mol. The Bertz CT molecular complexity index is 637. The second kappa shape index (κ2) is 5.89. The lowest BCUT2D eigenvalue weighted by molar-refractivity contribution is -0.109. The second-order valence-electron chi connectivity index (χ2n) is 3.63. The summed E-state index contributed by atoms with van der Waals surface area (Å²) in [5.41, 5.74) is 7.47. The van der Waals surface area contributed by atoms with E-state index < -0.39 is 0 Å². The number of carbonyl (C=O) groups is 1. The number of hydrogen-bond donors (Lipinski definition) is 1. The van der Waals surface area contributed by atoms with E-state index in [4.69, 9.17) is 5.73 Å². The largest absolute Gasteiger partial charge is 0.375 e. The van der Waals surface area contributed by atoms with Crippen LogP contribution >= 0.6 is 23.1 Å². The van der Waals surface area contributed by atoms with Crippen molar-refractivity contribution in [3.63, 3.8) is 0 Å². The highest BCUT2D eigenvalue weighted by molar-refractivity contribution is 8.13. The van der Waals surface area contributed by atoms with Crippen molar-refractivity contribution in [2.24, 2.45) is 0 Å². The number of aromatic nitrogens is 1. The highest BCUT2D eigenvalue weighted by Crippen LogP contribution is 2.24. The quantitative estimate of drug-likeness (QED) is 0.677. The maximum atomic E-state index is 10.7. The number of benzene rings is 1. The van der Waals surface area contributed by atoms with Gasteiger partial charge in [-0.05, 0) is 18.2 Å². The van der Waals surface area contributed by atoms with E-state index in [1.165, 1.54) is 23.1 Å². The zero-order chi connectivity index (χ0) is 13.0. The van der Waals surface area contributed by atoms with E-state index in [1.54, 1.807) is 6.92 Å². The Kier molecular flexibility index (Phi) is 4.24. The Hall–Kier alpha value is -1.51. The van der Waals surface area contributed by atoms with Crippen LogP contribution in [0.4, 0.5) is 5.13 Å². The molecule has 0 saturated carbocycles. The summed E-state index contributed by atoms with van der Waals surface area (Å²) in [7, 11) is 0. The van der Waals surface area contributed by atoms with E-state index in [1.807, 2.05) is 18.2 Å². The molecule has 1 heterocycles. The molecule has 5 heteroatoms. The van der Waals surface area contributed by atoms with Crippen molar-refractivity contribution in [1.82, 2.24) is 4.98 Å². The van der Waals surface area contributed by atoms with Crippen molar-refractivity contribution in [2.75, 3.05) is 11.5 Å². The van der Waals surface area contributed by atoms with E-state index >= 15 is 0 Å². The number of nitrogen functional groups attached to an aromatic ring is 1. The molecule has 0 aliphatic carbocycles. The molecule has 0 atom stereocenters. The molecule has 0 saturated heterocycles. The number of nitrogens with two attached hydrogens (primary N) is 1.